The summed E-state index contributed by atoms with van der Waals surface area (Å²) in [5.74, 6) is 0. The quantitative estimate of drug-likeness (QED) is 0.484. The maximum atomic E-state index is 4.99. The van der Waals surface area contributed by atoms with Crippen LogP contribution in [0.3, 0.4) is 0 Å². The van der Waals surface area contributed by atoms with Gasteiger partial charge in [-0.2, -0.15) is 0 Å². The van der Waals surface area contributed by atoms with Gasteiger partial charge in [0.2, 0.25) is 0 Å². The first kappa shape index (κ1) is 14.7. The Hall–Kier alpha value is -1.89. The van der Waals surface area contributed by atoms with Crippen LogP contribution in [-0.4, -0.2) is 4.98 Å². The summed E-state index contributed by atoms with van der Waals surface area (Å²) in [7, 11) is 0. The Bertz CT molecular complexity index is 774. The minimum Gasteiger partial charge on any atom is -0.253 e. The van der Waals surface area contributed by atoms with Gasteiger partial charge in [-0.05, 0) is 54.5 Å². The van der Waals surface area contributed by atoms with Gasteiger partial charge in [-0.25, -0.2) is 0 Å². The van der Waals surface area contributed by atoms with E-state index in [0.29, 0.717) is 0 Å². The minimum atomic E-state index is 1.14. The monoisotopic (exact) mass is 303 g/mol. The molecule has 1 aromatic heterocycles. The van der Waals surface area contributed by atoms with E-state index in [1.807, 2.05) is 0 Å². The summed E-state index contributed by atoms with van der Waals surface area (Å²) >= 11 is 0. The van der Waals surface area contributed by atoms with Gasteiger partial charge in [0.15, 0.2) is 0 Å². The highest BCUT2D eigenvalue weighted by Crippen LogP contribution is 2.36. The number of hydrogen-bond acceptors (Lipinski definition) is 1. The van der Waals surface area contributed by atoms with Crippen molar-refractivity contribution in [2.45, 2.75) is 57.8 Å². The van der Waals surface area contributed by atoms with Gasteiger partial charge in [0.05, 0.1) is 5.52 Å². The molecule has 0 saturated carbocycles. The maximum absolute atomic E-state index is 4.99. The van der Waals surface area contributed by atoms with Crippen molar-refractivity contribution >= 4 is 10.9 Å². The van der Waals surface area contributed by atoms with E-state index in [9.17, 15) is 0 Å². The van der Waals surface area contributed by atoms with E-state index < -0.39 is 0 Å². The first-order valence-corrected chi connectivity index (χ1v) is 9.22. The van der Waals surface area contributed by atoms with Gasteiger partial charge in [0.25, 0.3) is 0 Å². The van der Waals surface area contributed by atoms with Crippen molar-refractivity contribution in [2.24, 2.45) is 0 Å². The number of aromatic nitrogens is 1. The molecule has 0 fully saturated rings. The summed E-state index contributed by atoms with van der Waals surface area (Å²) in [6.45, 7) is 0. The summed E-state index contributed by atoms with van der Waals surface area (Å²) in [5, 5.41) is 1.40. The lowest BCUT2D eigenvalue weighted by atomic mass is 9.97. The minimum absolute atomic E-state index is 1.14. The Morgan fingerprint density at radius 3 is 2.30 bits per heavy atom. The number of nitrogens with zero attached hydrogens (tertiary/aromatic N) is 1. The third-order valence-corrected chi connectivity index (χ3v) is 5.19. The number of fused-ring (bicyclic) bond motifs is 6. The highest BCUT2D eigenvalue weighted by atomic mass is 14.7. The molecule has 2 bridgehead atoms. The molecule has 0 spiro atoms. The molecular weight excluding hydrogens is 278 g/mol. The van der Waals surface area contributed by atoms with Crippen molar-refractivity contribution in [1.29, 1.82) is 0 Å². The molecule has 0 unspecified atom stereocenters. The first-order chi connectivity index (χ1) is 11.4. The highest BCUT2D eigenvalue weighted by molar-refractivity contribution is 6.02. The van der Waals surface area contributed by atoms with E-state index in [4.69, 9.17) is 4.98 Å². The van der Waals surface area contributed by atoms with E-state index in [0.717, 1.165) is 6.42 Å². The van der Waals surface area contributed by atoms with Crippen molar-refractivity contribution in [3.8, 4) is 11.1 Å². The Morgan fingerprint density at radius 2 is 1.43 bits per heavy atom. The molecule has 118 valence electrons. The van der Waals surface area contributed by atoms with Crippen molar-refractivity contribution < 1.29 is 0 Å². The van der Waals surface area contributed by atoms with Crippen LogP contribution in [-0.2, 0) is 12.8 Å². The third kappa shape index (κ3) is 3.10. The third-order valence-electron chi connectivity index (χ3n) is 5.19. The van der Waals surface area contributed by atoms with Crippen LogP contribution in [0.5, 0.6) is 0 Å². The van der Waals surface area contributed by atoms with Crippen molar-refractivity contribution in [3.63, 3.8) is 0 Å². The molecule has 0 aromatic carbocycles. The molecule has 1 aromatic rings. The molecule has 0 N–H and O–H groups in total. The molecule has 0 aliphatic heterocycles. The largest absolute Gasteiger partial charge is 0.253 e. The van der Waals surface area contributed by atoms with Gasteiger partial charge < -0.3 is 0 Å². The average molecular weight is 303 g/mol. The first-order valence-electron chi connectivity index (χ1n) is 9.22. The van der Waals surface area contributed by atoms with Crippen LogP contribution >= 0.6 is 0 Å². The van der Waals surface area contributed by atoms with Crippen LogP contribution < -0.4 is 0 Å². The molecule has 1 heterocycles. The van der Waals surface area contributed by atoms with Crippen LogP contribution in [0.15, 0.2) is 42.5 Å². The summed E-state index contributed by atoms with van der Waals surface area (Å²) in [4.78, 5) is 4.99. The normalized spacial score (nSPS) is 16.9. The van der Waals surface area contributed by atoms with Crippen LogP contribution in [0.1, 0.15) is 56.2 Å². The molecule has 1 nitrogen and oxygen atoms in total. The van der Waals surface area contributed by atoms with Gasteiger partial charge in [-0.1, -0.05) is 62.4 Å². The second-order valence-corrected chi connectivity index (χ2v) is 6.93. The summed E-state index contributed by atoms with van der Waals surface area (Å²) in [6, 6.07) is 15.5. The van der Waals surface area contributed by atoms with E-state index in [1.165, 1.54) is 84.7 Å². The van der Waals surface area contributed by atoms with E-state index in [2.05, 4.69) is 42.5 Å². The molecule has 0 radical (unpaired) electrons. The summed E-state index contributed by atoms with van der Waals surface area (Å²) in [5.41, 5.74) is 6.71. The Labute approximate surface area is 139 Å². The van der Waals surface area contributed by atoms with Crippen molar-refractivity contribution in [1.82, 2.24) is 4.98 Å². The average Bonchev–Trinajstić information content (AvgIpc) is 2.73. The molecule has 0 saturated heterocycles. The molecule has 0 atom stereocenters. The Kier molecular flexibility index (Phi) is 4.28. The SMILES string of the molecule is c1ccc2cc3nc4cc(c3c-2cc1)CCCCCCCCC4. The second-order valence-electron chi connectivity index (χ2n) is 6.93. The fraction of sp³-hybridized carbons (Fsp3) is 0.409. The summed E-state index contributed by atoms with van der Waals surface area (Å²) in [6.07, 6.45) is 11.9. The molecule has 0 amide bonds. The van der Waals surface area contributed by atoms with Gasteiger partial charge in [-0.3, -0.25) is 4.98 Å². The fourth-order valence-corrected chi connectivity index (χ4v) is 3.99. The van der Waals surface area contributed by atoms with Gasteiger partial charge in [0, 0.05) is 11.1 Å². The molecular formula is C22H25N. The van der Waals surface area contributed by atoms with Crippen LogP contribution in [0.2, 0.25) is 0 Å². The van der Waals surface area contributed by atoms with Gasteiger partial charge in [-0.15, -0.1) is 0 Å². The van der Waals surface area contributed by atoms with Crippen molar-refractivity contribution in [2.75, 3.05) is 0 Å². The standard InChI is InChI=1S/C22H25N/c1-2-4-7-12-18-15-19(13-9-5-3-1)23-21-16-17-11-8-6-10-14-20(17)22(18)21/h6,8,10-11,14-16H,1-5,7,9,12-13H2. The lowest BCUT2D eigenvalue weighted by molar-refractivity contribution is 0.574. The van der Waals surface area contributed by atoms with Crippen molar-refractivity contribution in [3.05, 3.63) is 53.7 Å². The Balaban J connectivity index is 1.84. The molecule has 4 rings (SSSR count). The van der Waals surface area contributed by atoms with Crippen LogP contribution in [0.4, 0.5) is 0 Å². The zero-order valence-corrected chi connectivity index (χ0v) is 13.9. The molecule has 3 aliphatic carbocycles. The van der Waals surface area contributed by atoms with Crippen LogP contribution in [0, 0.1) is 0 Å². The van der Waals surface area contributed by atoms with E-state index in [1.54, 1.807) is 0 Å². The fourth-order valence-electron chi connectivity index (χ4n) is 3.99. The zero-order valence-electron chi connectivity index (χ0n) is 13.9. The topological polar surface area (TPSA) is 12.9 Å². The zero-order chi connectivity index (χ0) is 15.5. The molecule has 3 aliphatic rings. The van der Waals surface area contributed by atoms with Gasteiger partial charge in [0.1, 0.15) is 0 Å². The molecule has 1 heteroatoms. The predicted molar refractivity (Wildman–Crippen MR) is 98.1 cm³/mol. The van der Waals surface area contributed by atoms with E-state index in [-0.39, 0.29) is 0 Å². The van der Waals surface area contributed by atoms with Crippen LogP contribution in [0.25, 0.3) is 22.0 Å². The van der Waals surface area contributed by atoms with Gasteiger partial charge >= 0.3 is 0 Å². The lowest BCUT2D eigenvalue weighted by Gasteiger charge is -2.10. The summed E-state index contributed by atoms with van der Waals surface area (Å²) < 4.78 is 0. The Morgan fingerprint density at radius 1 is 0.696 bits per heavy atom. The highest BCUT2D eigenvalue weighted by Gasteiger charge is 2.15. The number of hydrogen-bond donors (Lipinski definition) is 0. The predicted octanol–water partition coefficient (Wildman–Crippen LogP) is 6.17. The molecule has 23 heavy (non-hydrogen) atoms. The maximum Gasteiger partial charge on any atom is 0.0720 e. The lowest BCUT2D eigenvalue weighted by Crippen LogP contribution is -1.97. The number of pyridine rings is 1. The van der Waals surface area contributed by atoms with E-state index >= 15 is 0 Å². The smallest absolute Gasteiger partial charge is 0.0720 e. The second kappa shape index (κ2) is 6.70. The number of rotatable bonds is 0. The number of aryl methyl sites for hydroxylation is 2.